The van der Waals surface area contributed by atoms with E-state index in [9.17, 15) is 14.4 Å². The van der Waals surface area contributed by atoms with Crippen LogP contribution in [0.15, 0.2) is 12.2 Å². The van der Waals surface area contributed by atoms with E-state index in [0.29, 0.717) is 38.9 Å². The average molecular weight is 894 g/mol. The Kier molecular flexibility index (Phi) is 35.5. The van der Waals surface area contributed by atoms with Crippen LogP contribution in [0.25, 0.3) is 0 Å². The van der Waals surface area contributed by atoms with E-state index in [1.807, 2.05) is 0 Å². The van der Waals surface area contributed by atoms with Crippen molar-refractivity contribution >= 4 is 18.1 Å². The highest BCUT2D eigenvalue weighted by atomic mass is 16.7. The molecule has 1 saturated heterocycles. The zero-order valence-electron chi connectivity index (χ0n) is 42.3. The summed E-state index contributed by atoms with van der Waals surface area (Å²) in [7, 11) is 2.10. The van der Waals surface area contributed by atoms with Crippen LogP contribution in [0, 0.1) is 5.92 Å². The van der Waals surface area contributed by atoms with Crippen LogP contribution in [0.2, 0.25) is 0 Å². The minimum Gasteiger partial charge on any atom is -0.465 e. The van der Waals surface area contributed by atoms with Crippen LogP contribution in [-0.4, -0.2) is 86.5 Å². The maximum Gasteiger partial charge on any atom is 0.508 e. The summed E-state index contributed by atoms with van der Waals surface area (Å²) in [6.07, 6.45) is 34.9. The number of hydrogen-bond acceptors (Lipinski definition) is 10. The summed E-state index contributed by atoms with van der Waals surface area (Å²) in [4.78, 5) is 41.2. The molecule has 0 saturated carbocycles. The number of likely N-dealkylation sites (tertiary alicyclic amines) is 1. The third-order valence-corrected chi connectivity index (χ3v) is 12.8. The number of carbonyl (C=O) groups is 3. The zero-order valence-corrected chi connectivity index (χ0v) is 42.3. The molecule has 0 aromatic heterocycles. The van der Waals surface area contributed by atoms with Crippen molar-refractivity contribution < 1.29 is 42.8 Å². The fraction of sp³-hybridized carbons (Fsp3) is 0.906. The molecule has 1 unspecified atom stereocenters. The molecule has 0 spiro atoms. The predicted octanol–water partition coefficient (Wildman–Crippen LogP) is 14.4. The van der Waals surface area contributed by atoms with Crippen LogP contribution in [0.3, 0.4) is 0 Å². The van der Waals surface area contributed by atoms with Crippen LogP contribution < -0.4 is 0 Å². The first kappa shape index (κ1) is 58.8. The Balaban J connectivity index is 2.64. The fourth-order valence-electron chi connectivity index (χ4n) is 8.41. The maximum atomic E-state index is 13.1. The van der Waals surface area contributed by atoms with E-state index in [4.69, 9.17) is 28.4 Å². The number of nitrogens with zero attached hydrogens (tertiary/aromatic N) is 1. The molecular formula is C53H99NO9. The lowest BCUT2D eigenvalue weighted by Crippen LogP contribution is -2.60. The average Bonchev–Trinajstić information content (AvgIpc) is 3.24. The molecule has 1 fully saturated rings. The van der Waals surface area contributed by atoms with Gasteiger partial charge in [0.05, 0.1) is 12.3 Å². The molecule has 370 valence electrons. The second kappa shape index (κ2) is 38.0. The van der Waals surface area contributed by atoms with Gasteiger partial charge in [0.1, 0.15) is 25.9 Å². The van der Waals surface area contributed by atoms with Gasteiger partial charge in [-0.2, -0.15) is 0 Å². The molecule has 0 aliphatic carbocycles. The second-order valence-corrected chi connectivity index (χ2v) is 19.7. The van der Waals surface area contributed by atoms with Crippen LogP contribution in [-0.2, 0) is 38.0 Å². The van der Waals surface area contributed by atoms with E-state index in [-0.39, 0.29) is 49.4 Å². The standard InChI is InChI=1S/C53H99NO9/c1-9-12-15-18-21-22-23-24-25-26-27-28-29-30-33-36-48(55)60-43-46(45-62-51(57)63-47-41-52(4,5)54(8)53(6,7)42-47)44-61-49(56)37-38-50(58-39-34-31-19-16-13-10-2)59-40-35-32-20-17-14-11-3/h24-25,46-47,50H,9-23,26-45H2,1-8H3/b25-24-. The Labute approximate surface area is 387 Å². The van der Waals surface area contributed by atoms with Crippen molar-refractivity contribution in [2.24, 2.45) is 5.92 Å². The highest BCUT2D eigenvalue weighted by Crippen LogP contribution is 2.38. The Morgan fingerprint density at radius 3 is 1.41 bits per heavy atom. The molecule has 0 amide bonds. The summed E-state index contributed by atoms with van der Waals surface area (Å²) in [5, 5.41) is 0. The molecule has 0 N–H and O–H groups in total. The van der Waals surface area contributed by atoms with Gasteiger partial charge in [-0.15, -0.1) is 0 Å². The Morgan fingerprint density at radius 1 is 0.540 bits per heavy atom. The Bertz CT molecular complexity index is 1120. The van der Waals surface area contributed by atoms with Crippen molar-refractivity contribution in [3.63, 3.8) is 0 Å². The molecule has 63 heavy (non-hydrogen) atoms. The van der Waals surface area contributed by atoms with Crippen LogP contribution in [0.5, 0.6) is 0 Å². The molecule has 10 heteroatoms. The molecule has 1 rings (SSSR count). The Hall–Kier alpha value is -2.17. The molecule has 0 aromatic rings. The van der Waals surface area contributed by atoms with Gasteiger partial charge in [0.15, 0.2) is 6.29 Å². The minimum atomic E-state index is -0.764. The molecule has 0 radical (unpaired) electrons. The van der Waals surface area contributed by atoms with Gasteiger partial charge < -0.3 is 28.4 Å². The quantitative estimate of drug-likeness (QED) is 0.0193. The molecule has 10 nitrogen and oxygen atoms in total. The first-order valence-corrected chi connectivity index (χ1v) is 26.1. The van der Waals surface area contributed by atoms with E-state index in [1.54, 1.807) is 0 Å². The number of rotatable bonds is 41. The number of esters is 2. The summed E-state index contributed by atoms with van der Waals surface area (Å²) in [5.41, 5.74) is -0.307. The number of carbonyl (C=O) groups excluding carboxylic acids is 3. The predicted molar refractivity (Wildman–Crippen MR) is 258 cm³/mol. The monoisotopic (exact) mass is 894 g/mol. The SMILES string of the molecule is CCCCCCCC/C=C\CCCCCCCC(=O)OCC(COC(=O)CCC(OCCCCCCCC)OCCCCCCCC)COC(=O)OC1CC(C)(C)N(C)C(C)(C)C1. The molecule has 1 heterocycles. The third kappa shape index (κ3) is 32.2. The number of unbranched alkanes of at least 4 members (excludes halogenated alkanes) is 21. The van der Waals surface area contributed by atoms with E-state index in [2.05, 4.69) is 72.6 Å². The lowest BCUT2D eigenvalue weighted by atomic mass is 9.79. The van der Waals surface area contributed by atoms with Crippen molar-refractivity contribution in [3.05, 3.63) is 12.2 Å². The van der Waals surface area contributed by atoms with E-state index in [0.717, 1.165) is 57.8 Å². The number of allylic oxidation sites excluding steroid dienone is 2. The fourth-order valence-corrected chi connectivity index (χ4v) is 8.41. The molecule has 1 atom stereocenters. The van der Waals surface area contributed by atoms with Gasteiger partial charge in [0, 0.05) is 50.0 Å². The molecule has 0 bridgehead atoms. The molecular weight excluding hydrogens is 795 g/mol. The molecule has 0 aromatic carbocycles. The third-order valence-electron chi connectivity index (χ3n) is 12.8. The van der Waals surface area contributed by atoms with E-state index < -0.39 is 24.3 Å². The second-order valence-electron chi connectivity index (χ2n) is 19.7. The summed E-state index contributed by atoms with van der Waals surface area (Å²) >= 11 is 0. The lowest BCUT2D eigenvalue weighted by Gasteiger charge is -2.53. The van der Waals surface area contributed by atoms with Crippen LogP contribution in [0.1, 0.15) is 241 Å². The first-order chi connectivity index (χ1) is 30.3. The van der Waals surface area contributed by atoms with Gasteiger partial charge in [-0.25, -0.2) is 4.79 Å². The summed E-state index contributed by atoms with van der Waals surface area (Å²) in [6, 6.07) is 0. The molecule has 1 aliphatic rings. The summed E-state index contributed by atoms with van der Waals surface area (Å²) in [6.45, 7) is 16.3. The first-order valence-electron chi connectivity index (χ1n) is 26.1. The number of hydrogen-bond donors (Lipinski definition) is 0. The van der Waals surface area contributed by atoms with Gasteiger partial charge in [0.2, 0.25) is 0 Å². The van der Waals surface area contributed by atoms with Crippen molar-refractivity contribution in [3.8, 4) is 0 Å². The summed E-state index contributed by atoms with van der Waals surface area (Å²) in [5.74, 6) is -1.22. The van der Waals surface area contributed by atoms with Crippen LogP contribution >= 0.6 is 0 Å². The topological polar surface area (TPSA) is 110 Å². The van der Waals surface area contributed by atoms with Gasteiger partial charge in [-0.05, 0) is 79.7 Å². The smallest absolute Gasteiger partial charge is 0.465 e. The van der Waals surface area contributed by atoms with E-state index in [1.165, 1.54) is 103 Å². The highest BCUT2D eigenvalue weighted by Gasteiger charge is 2.44. The normalized spacial score (nSPS) is 15.8. The lowest BCUT2D eigenvalue weighted by molar-refractivity contribution is -0.161. The van der Waals surface area contributed by atoms with Crippen molar-refractivity contribution in [1.29, 1.82) is 0 Å². The van der Waals surface area contributed by atoms with Crippen molar-refractivity contribution in [2.75, 3.05) is 40.1 Å². The summed E-state index contributed by atoms with van der Waals surface area (Å²) < 4.78 is 35.0. The van der Waals surface area contributed by atoms with Gasteiger partial charge in [0.25, 0.3) is 0 Å². The van der Waals surface area contributed by atoms with Crippen molar-refractivity contribution in [2.45, 2.75) is 265 Å². The minimum absolute atomic E-state index is 0.0237. The maximum absolute atomic E-state index is 13.1. The van der Waals surface area contributed by atoms with Gasteiger partial charge >= 0.3 is 18.1 Å². The Morgan fingerprint density at radius 2 is 0.937 bits per heavy atom. The number of ether oxygens (including phenoxy) is 6. The van der Waals surface area contributed by atoms with Crippen molar-refractivity contribution in [1.82, 2.24) is 4.90 Å². The zero-order chi connectivity index (χ0) is 46.4. The van der Waals surface area contributed by atoms with Gasteiger partial charge in [-0.3, -0.25) is 14.5 Å². The number of piperidine rings is 1. The molecule has 1 aliphatic heterocycles. The van der Waals surface area contributed by atoms with E-state index >= 15 is 0 Å². The van der Waals surface area contributed by atoms with Gasteiger partial charge in [-0.1, -0.05) is 148 Å². The van der Waals surface area contributed by atoms with Crippen LogP contribution in [0.4, 0.5) is 4.79 Å². The largest absolute Gasteiger partial charge is 0.508 e. The highest BCUT2D eigenvalue weighted by molar-refractivity contribution is 5.69.